The zero-order chi connectivity index (χ0) is 17.4. The van der Waals surface area contributed by atoms with Gasteiger partial charge in [0.1, 0.15) is 23.4 Å². The Hall–Kier alpha value is -2.86. The smallest absolute Gasteiger partial charge is 0.148 e. The Kier molecular flexibility index (Phi) is 3.89. The second-order valence-corrected chi connectivity index (χ2v) is 5.98. The Morgan fingerprint density at radius 1 is 1.04 bits per heavy atom. The average Bonchev–Trinajstić information content (AvgIpc) is 2.66. The predicted octanol–water partition coefficient (Wildman–Crippen LogP) is 2.70. The first-order valence-corrected chi connectivity index (χ1v) is 8.10. The lowest BCUT2D eigenvalue weighted by Crippen LogP contribution is -2.34. The molecule has 4 rings (SSSR count). The summed E-state index contributed by atoms with van der Waals surface area (Å²) in [6, 6.07) is 11.4. The third kappa shape index (κ3) is 2.64. The number of methoxy groups -OCH3 is 2. The molecule has 128 valence electrons. The molecule has 0 unspecified atom stereocenters. The summed E-state index contributed by atoms with van der Waals surface area (Å²) < 4.78 is 10.9. The quantitative estimate of drug-likeness (QED) is 0.793. The van der Waals surface area contributed by atoms with Crippen LogP contribution in [0.5, 0.6) is 11.5 Å². The first kappa shape index (κ1) is 15.7. The summed E-state index contributed by atoms with van der Waals surface area (Å²) in [5.74, 6) is 2.13. The van der Waals surface area contributed by atoms with Crippen molar-refractivity contribution in [2.75, 3.05) is 25.7 Å². The minimum absolute atomic E-state index is 0.420. The van der Waals surface area contributed by atoms with Crippen LogP contribution in [0.1, 0.15) is 17.2 Å². The summed E-state index contributed by atoms with van der Waals surface area (Å²) >= 11 is 0. The van der Waals surface area contributed by atoms with Crippen LogP contribution in [0.2, 0.25) is 0 Å². The largest absolute Gasteiger partial charge is 0.496 e. The van der Waals surface area contributed by atoms with Gasteiger partial charge < -0.3 is 19.5 Å². The molecule has 2 aromatic carbocycles. The van der Waals surface area contributed by atoms with E-state index in [4.69, 9.17) is 9.47 Å². The molecule has 0 saturated carbocycles. The van der Waals surface area contributed by atoms with Crippen molar-refractivity contribution in [2.45, 2.75) is 12.6 Å². The van der Waals surface area contributed by atoms with Crippen molar-refractivity contribution < 1.29 is 14.6 Å². The molecule has 1 aromatic heterocycles. The standard InChI is InChI=1S/C19H19N3O3/c1-24-16-7-8-17(25-2)19-12(16)10-22(11-15(19)23)18-9-20-13-5-3-4-6-14(13)21-18/h3-9,15,23H,10-11H2,1-2H3/t15-/m1/s1. The van der Waals surface area contributed by atoms with Crippen molar-refractivity contribution in [1.82, 2.24) is 9.97 Å². The Morgan fingerprint density at radius 3 is 2.52 bits per heavy atom. The molecule has 6 nitrogen and oxygen atoms in total. The van der Waals surface area contributed by atoms with Gasteiger partial charge in [0.2, 0.25) is 0 Å². The summed E-state index contributed by atoms with van der Waals surface area (Å²) in [4.78, 5) is 11.2. The van der Waals surface area contributed by atoms with Gasteiger partial charge in [0, 0.05) is 17.7 Å². The maximum atomic E-state index is 10.7. The van der Waals surface area contributed by atoms with Gasteiger partial charge in [-0.25, -0.2) is 4.98 Å². The average molecular weight is 337 g/mol. The van der Waals surface area contributed by atoms with Crippen LogP contribution in [0.25, 0.3) is 11.0 Å². The van der Waals surface area contributed by atoms with Crippen molar-refractivity contribution >= 4 is 16.9 Å². The Labute approximate surface area is 145 Å². The number of anilines is 1. The molecule has 1 atom stereocenters. The molecule has 0 radical (unpaired) electrons. The van der Waals surface area contributed by atoms with Crippen molar-refractivity contribution in [3.05, 3.63) is 53.7 Å². The maximum Gasteiger partial charge on any atom is 0.148 e. The number of nitrogens with zero attached hydrogens (tertiary/aromatic N) is 3. The lowest BCUT2D eigenvalue weighted by atomic mass is 9.95. The minimum atomic E-state index is -0.693. The van der Waals surface area contributed by atoms with Gasteiger partial charge in [-0.3, -0.25) is 4.98 Å². The van der Waals surface area contributed by atoms with E-state index in [1.54, 1.807) is 20.4 Å². The zero-order valence-electron chi connectivity index (χ0n) is 14.1. The molecular formula is C19H19N3O3. The van der Waals surface area contributed by atoms with E-state index in [-0.39, 0.29) is 0 Å². The molecule has 1 N–H and O–H groups in total. The number of hydrogen-bond donors (Lipinski definition) is 1. The second-order valence-electron chi connectivity index (χ2n) is 5.98. The molecular weight excluding hydrogens is 318 g/mol. The van der Waals surface area contributed by atoms with E-state index in [0.29, 0.717) is 18.8 Å². The molecule has 25 heavy (non-hydrogen) atoms. The predicted molar refractivity (Wildman–Crippen MR) is 95.1 cm³/mol. The van der Waals surface area contributed by atoms with Crippen molar-refractivity contribution in [3.63, 3.8) is 0 Å². The van der Waals surface area contributed by atoms with Gasteiger partial charge in [0.25, 0.3) is 0 Å². The lowest BCUT2D eigenvalue weighted by Gasteiger charge is -2.34. The molecule has 0 saturated heterocycles. The van der Waals surface area contributed by atoms with Gasteiger partial charge in [0.15, 0.2) is 0 Å². The van der Waals surface area contributed by atoms with E-state index in [1.165, 1.54) is 0 Å². The highest BCUT2D eigenvalue weighted by Gasteiger charge is 2.30. The number of hydrogen-bond acceptors (Lipinski definition) is 6. The number of aliphatic hydroxyl groups is 1. The molecule has 3 aromatic rings. The van der Waals surface area contributed by atoms with Crippen LogP contribution >= 0.6 is 0 Å². The molecule has 0 spiro atoms. The van der Waals surface area contributed by atoms with Crippen LogP contribution < -0.4 is 14.4 Å². The summed E-state index contributed by atoms with van der Waals surface area (Å²) in [5.41, 5.74) is 3.38. The van der Waals surface area contributed by atoms with Gasteiger partial charge in [-0.2, -0.15) is 0 Å². The number of β-amino-alcohol motifs (C(OH)–C–C–N with tert-alkyl or cyclic N) is 1. The molecule has 1 aliphatic heterocycles. The number of aliphatic hydroxyl groups excluding tert-OH is 1. The maximum absolute atomic E-state index is 10.7. The number of ether oxygens (including phenoxy) is 2. The van der Waals surface area contributed by atoms with Crippen LogP contribution in [-0.4, -0.2) is 35.8 Å². The van der Waals surface area contributed by atoms with E-state index >= 15 is 0 Å². The van der Waals surface area contributed by atoms with Crippen LogP contribution in [0.3, 0.4) is 0 Å². The summed E-state index contributed by atoms with van der Waals surface area (Å²) in [7, 11) is 3.24. The molecule has 0 bridgehead atoms. The van der Waals surface area contributed by atoms with Crippen LogP contribution in [0, 0.1) is 0 Å². The Morgan fingerprint density at radius 2 is 1.76 bits per heavy atom. The van der Waals surface area contributed by atoms with E-state index in [1.807, 2.05) is 41.3 Å². The normalized spacial score (nSPS) is 16.6. The fourth-order valence-corrected chi connectivity index (χ4v) is 3.35. The fraction of sp³-hybridized carbons (Fsp3) is 0.263. The van der Waals surface area contributed by atoms with Gasteiger partial charge in [-0.05, 0) is 24.3 Å². The number of fused-ring (bicyclic) bond motifs is 2. The topological polar surface area (TPSA) is 67.7 Å². The van der Waals surface area contributed by atoms with Gasteiger partial charge >= 0.3 is 0 Å². The molecule has 2 heterocycles. The number of aromatic nitrogens is 2. The number of benzene rings is 2. The zero-order valence-corrected chi connectivity index (χ0v) is 14.1. The van der Waals surface area contributed by atoms with Gasteiger partial charge in [0.05, 0.1) is 38.0 Å². The fourth-order valence-electron chi connectivity index (χ4n) is 3.35. The van der Waals surface area contributed by atoms with E-state index in [2.05, 4.69) is 9.97 Å². The highest BCUT2D eigenvalue weighted by molar-refractivity contribution is 5.75. The molecule has 0 aliphatic carbocycles. The van der Waals surface area contributed by atoms with Crippen molar-refractivity contribution in [2.24, 2.45) is 0 Å². The monoisotopic (exact) mass is 337 g/mol. The number of rotatable bonds is 3. The lowest BCUT2D eigenvalue weighted by molar-refractivity contribution is 0.169. The highest BCUT2D eigenvalue weighted by atomic mass is 16.5. The van der Waals surface area contributed by atoms with Crippen LogP contribution in [0.4, 0.5) is 5.82 Å². The summed E-state index contributed by atoms with van der Waals surface area (Å²) in [6.45, 7) is 0.989. The highest BCUT2D eigenvalue weighted by Crippen LogP contribution is 2.40. The van der Waals surface area contributed by atoms with Crippen molar-refractivity contribution in [1.29, 1.82) is 0 Å². The third-order valence-electron chi connectivity index (χ3n) is 4.55. The minimum Gasteiger partial charge on any atom is -0.496 e. The van der Waals surface area contributed by atoms with Gasteiger partial charge in [-0.1, -0.05) is 12.1 Å². The second kappa shape index (κ2) is 6.22. The van der Waals surface area contributed by atoms with Crippen LogP contribution in [-0.2, 0) is 6.54 Å². The Balaban J connectivity index is 1.77. The summed E-state index contributed by atoms with van der Waals surface area (Å²) in [6.07, 6.45) is 1.05. The first-order valence-electron chi connectivity index (χ1n) is 8.10. The molecule has 1 aliphatic rings. The van der Waals surface area contributed by atoms with E-state index in [0.717, 1.165) is 33.7 Å². The first-order chi connectivity index (χ1) is 12.2. The Bertz CT molecular complexity index is 929. The van der Waals surface area contributed by atoms with Gasteiger partial charge in [-0.15, -0.1) is 0 Å². The molecule has 0 amide bonds. The number of para-hydroxylation sites is 2. The molecule has 0 fully saturated rings. The molecule has 6 heteroatoms. The van der Waals surface area contributed by atoms with Crippen molar-refractivity contribution in [3.8, 4) is 11.5 Å². The van der Waals surface area contributed by atoms with E-state index in [9.17, 15) is 5.11 Å². The van der Waals surface area contributed by atoms with Crippen LogP contribution in [0.15, 0.2) is 42.6 Å². The summed E-state index contributed by atoms with van der Waals surface area (Å²) in [5, 5.41) is 10.7. The SMILES string of the molecule is COc1ccc(OC)c2c1CN(c1cnc3ccccc3n1)C[C@H]2O. The third-order valence-corrected chi connectivity index (χ3v) is 4.55. The van der Waals surface area contributed by atoms with E-state index < -0.39 is 6.10 Å².